The molecule has 0 spiro atoms. The van der Waals surface area contributed by atoms with E-state index in [2.05, 4.69) is 20.8 Å². The minimum Gasteiger partial charge on any atom is -0.374 e. The highest BCUT2D eigenvalue weighted by Crippen LogP contribution is 2.50. The van der Waals surface area contributed by atoms with Gasteiger partial charge in [0.05, 0.1) is 6.10 Å². The van der Waals surface area contributed by atoms with Gasteiger partial charge in [-0.2, -0.15) is 0 Å². The number of ether oxygens (including phenoxy) is 2. The van der Waals surface area contributed by atoms with E-state index >= 15 is 0 Å². The zero-order valence-corrected chi connectivity index (χ0v) is 13.5. The van der Waals surface area contributed by atoms with E-state index in [4.69, 9.17) is 9.47 Å². The van der Waals surface area contributed by atoms with Crippen molar-refractivity contribution in [2.45, 2.75) is 69.3 Å². The molecule has 1 saturated heterocycles. The first-order valence-electron chi connectivity index (χ1n) is 7.25. The van der Waals surface area contributed by atoms with E-state index in [0.717, 1.165) is 6.42 Å². The second kappa shape index (κ2) is 5.74. The van der Waals surface area contributed by atoms with Crippen LogP contribution in [0.15, 0.2) is 0 Å². The molecule has 0 aromatic heterocycles. The van der Waals surface area contributed by atoms with Gasteiger partial charge in [-0.15, -0.1) is 11.8 Å². The lowest BCUT2D eigenvalue weighted by Gasteiger charge is -2.49. The number of hydrogen-bond acceptors (Lipinski definition) is 4. The molecule has 4 heteroatoms. The molecule has 0 N–H and O–H groups in total. The molecule has 1 heterocycles. The van der Waals surface area contributed by atoms with Gasteiger partial charge in [0, 0.05) is 11.9 Å². The minimum absolute atomic E-state index is 0.0669. The predicted molar refractivity (Wildman–Crippen MR) is 78.3 cm³/mol. The first-order valence-corrected chi connectivity index (χ1v) is 8.13. The van der Waals surface area contributed by atoms with Crippen LogP contribution in [0.25, 0.3) is 0 Å². The molecular weight excluding hydrogens is 260 g/mol. The van der Waals surface area contributed by atoms with Gasteiger partial charge in [0.15, 0.2) is 11.2 Å². The van der Waals surface area contributed by atoms with E-state index < -0.39 is 0 Å². The highest BCUT2D eigenvalue weighted by Gasteiger charge is 2.48. The van der Waals surface area contributed by atoms with Gasteiger partial charge in [-0.1, -0.05) is 27.2 Å². The topological polar surface area (TPSA) is 35.5 Å². The van der Waals surface area contributed by atoms with E-state index in [9.17, 15) is 4.79 Å². The van der Waals surface area contributed by atoms with Crippen LogP contribution in [0, 0.1) is 11.8 Å². The summed E-state index contributed by atoms with van der Waals surface area (Å²) in [5, 5.41) is 0. The van der Waals surface area contributed by atoms with Crippen molar-refractivity contribution < 1.29 is 14.3 Å². The number of Topliss-reactive ketones (excluding diaryl/α,β-unsaturated/α-hetero) is 1. The van der Waals surface area contributed by atoms with Crippen LogP contribution >= 0.6 is 11.8 Å². The van der Waals surface area contributed by atoms with Crippen LogP contribution in [-0.4, -0.2) is 35.3 Å². The van der Waals surface area contributed by atoms with Gasteiger partial charge in [-0.3, -0.25) is 4.79 Å². The summed E-state index contributed by atoms with van der Waals surface area (Å²) >= 11 is 1.68. The Morgan fingerprint density at radius 1 is 1.42 bits per heavy atom. The van der Waals surface area contributed by atoms with Gasteiger partial charge < -0.3 is 9.47 Å². The molecule has 2 aliphatic rings. The Balaban J connectivity index is 2.12. The van der Waals surface area contributed by atoms with Crippen LogP contribution in [0.1, 0.15) is 47.0 Å². The quantitative estimate of drug-likeness (QED) is 0.798. The molecule has 1 aliphatic carbocycles. The van der Waals surface area contributed by atoms with Gasteiger partial charge in [0.2, 0.25) is 0 Å². The van der Waals surface area contributed by atoms with Gasteiger partial charge in [-0.05, 0) is 31.6 Å². The third-order valence-electron chi connectivity index (χ3n) is 4.64. The minimum atomic E-state index is -0.383. The first kappa shape index (κ1) is 15.3. The van der Waals surface area contributed by atoms with Crippen molar-refractivity contribution in [3.05, 3.63) is 0 Å². The Kier molecular flexibility index (Phi) is 4.63. The third-order valence-corrected chi connectivity index (χ3v) is 6.11. The Morgan fingerprint density at radius 2 is 2.11 bits per heavy atom. The average Bonchev–Trinajstić information content (AvgIpc) is 2.35. The monoisotopic (exact) mass is 286 g/mol. The Bertz CT molecular complexity index is 342. The van der Waals surface area contributed by atoms with Crippen molar-refractivity contribution in [1.29, 1.82) is 0 Å². The average molecular weight is 286 g/mol. The van der Waals surface area contributed by atoms with Crippen LogP contribution < -0.4 is 0 Å². The summed E-state index contributed by atoms with van der Waals surface area (Å²) in [6, 6.07) is 0. The molecule has 0 radical (unpaired) electrons. The Hall–Kier alpha value is -0.0600. The lowest BCUT2D eigenvalue weighted by atomic mass is 9.75. The van der Waals surface area contributed by atoms with Crippen molar-refractivity contribution >= 4 is 17.5 Å². The molecule has 2 rings (SSSR count). The number of fused-ring (bicyclic) bond motifs is 1. The molecule has 2 fully saturated rings. The number of rotatable bonds is 3. The summed E-state index contributed by atoms with van der Waals surface area (Å²) in [5.74, 6) is 1.34. The fourth-order valence-corrected chi connectivity index (χ4v) is 4.76. The lowest BCUT2D eigenvalue weighted by Crippen LogP contribution is -2.51. The molecule has 110 valence electrons. The molecule has 1 saturated carbocycles. The van der Waals surface area contributed by atoms with Gasteiger partial charge >= 0.3 is 0 Å². The Labute approximate surface area is 120 Å². The smallest absolute Gasteiger partial charge is 0.200 e. The number of methoxy groups -OCH3 is 1. The summed E-state index contributed by atoms with van der Waals surface area (Å²) in [5.41, 5.74) is -0.364. The SMILES string of the molecule is CO[C@H](C)C(=O)[C@@H]1O[C@@H]2C[C@H](C)CC[C@H]2C(C)(C)S1. The largest absolute Gasteiger partial charge is 0.374 e. The standard InChI is InChI=1S/C15H26O3S/c1-9-6-7-11-12(8-9)18-14(19-15(11,3)4)13(16)10(2)17-5/h9-12,14H,6-8H2,1-5H3/t9-,10-,11-,12-,14-/m1/s1. The molecule has 19 heavy (non-hydrogen) atoms. The molecule has 0 amide bonds. The van der Waals surface area contributed by atoms with Gasteiger partial charge in [0.1, 0.15) is 6.10 Å². The molecule has 5 atom stereocenters. The zero-order valence-electron chi connectivity index (χ0n) is 12.6. The van der Waals surface area contributed by atoms with Crippen LogP contribution in [0.2, 0.25) is 0 Å². The molecule has 0 aromatic carbocycles. The van der Waals surface area contributed by atoms with E-state index in [0.29, 0.717) is 11.8 Å². The van der Waals surface area contributed by atoms with E-state index in [1.807, 2.05) is 0 Å². The molecule has 3 nitrogen and oxygen atoms in total. The highest BCUT2D eigenvalue weighted by molar-refractivity contribution is 8.01. The van der Waals surface area contributed by atoms with Crippen LogP contribution in [0.5, 0.6) is 0 Å². The fraction of sp³-hybridized carbons (Fsp3) is 0.933. The van der Waals surface area contributed by atoms with Crippen molar-refractivity contribution in [2.24, 2.45) is 11.8 Å². The van der Waals surface area contributed by atoms with E-state index in [-0.39, 0.29) is 28.2 Å². The number of thioether (sulfide) groups is 1. The summed E-state index contributed by atoms with van der Waals surface area (Å²) in [7, 11) is 1.58. The van der Waals surface area contributed by atoms with E-state index in [1.165, 1.54) is 12.8 Å². The second-order valence-electron chi connectivity index (χ2n) is 6.53. The maximum absolute atomic E-state index is 12.3. The third kappa shape index (κ3) is 3.17. The number of ketones is 1. The number of hydrogen-bond donors (Lipinski definition) is 0. The molecule has 0 aromatic rings. The van der Waals surface area contributed by atoms with Crippen LogP contribution in [-0.2, 0) is 14.3 Å². The maximum Gasteiger partial charge on any atom is 0.200 e. The van der Waals surface area contributed by atoms with Crippen molar-refractivity contribution in [1.82, 2.24) is 0 Å². The van der Waals surface area contributed by atoms with E-state index in [1.54, 1.807) is 25.8 Å². The Morgan fingerprint density at radius 3 is 2.74 bits per heavy atom. The molecular formula is C15H26O3S. The van der Waals surface area contributed by atoms with Crippen molar-refractivity contribution in [2.75, 3.05) is 7.11 Å². The van der Waals surface area contributed by atoms with Crippen LogP contribution in [0.3, 0.4) is 0 Å². The number of carbonyl (C=O) groups excluding carboxylic acids is 1. The predicted octanol–water partition coefficient (Wildman–Crippen LogP) is 3.26. The fourth-order valence-electron chi connectivity index (χ4n) is 3.26. The molecule has 0 unspecified atom stereocenters. The zero-order chi connectivity index (χ0) is 14.2. The first-order chi connectivity index (χ1) is 8.85. The molecule has 1 aliphatic heterocycles. The van der Waals surface area contributed by atoms with Gasteiger partial charge in [-0.25, -0.2) is 0 Å². The summed E-state index contributed by atoms with van der Waals surface area (Å²) in [6.07, 6.45) is 3.43. The van der Waals surface area contributed by atoms with Crippen molar-refractivity contribution in [3.8, 4) is 0 Å². The maximum atomic E-state index is 12.3. The summed E-state index contributed by atoms with van der Waals surface area (Å²) in [4.78, 5) is 12.3. The number of carbonyl (C=O) groups is 1. The van der Waals surface area contributed by atoms with Crippen LogP contribution in [0.4, 0.5) is 0 Å². The second-order valence-corrected chi connectivity index (χ2v) is 8.25. The molecule has 0 bridgehead atoms. The summed E-state index contributed by atoms with van der Waals surface area (Å²) in [6.45, 7) is 8.59. The normalized spacial score (nSPS) is 39.4. The summed E-state index contributed by atoms with van der Waals surface area (Å²) < 4.78 is 11.4. The lowest BCUT2D eigenvalue weighted by molar-refractivity contribution is -0.142. The highest BCUT2D eigenvalue weighted by atomic mass is 32.2. The van der Waals surface area contributed by atoms with Gasteiger partial charge in [0.25, 0.3) is 0 Å². The van der Waals surface area contributed by atoms with Crippen molar-refractivity contribution in [3.63, 3.8) is 0 Å².